The second-order valence-electron chi connectivity index (χ2n) is 10.8. The number of aliphatic hydroxyl groups excluding tert-OH is 1. The molecule has 3 amide bonds. The van der Waals surface area contributed by atoms with E-state index in [0.29, 0.717) is 19.3 Å². The molecular weight excluding hydrogens is 454 g/mol. The maximum absolute atomic E-state index is 13.2. The van der Waals surface area contributed by atoms with E-state index >= 15 is 0 Å². The summed E-state index contributed by atoms with van der Waals surface area (Å²) in [7, 11) is 0. The van der Waals surface area contributed by atoms with Gasteiger partial charge in [-0.25, -0.2) is 4.79 Å². The van der Waals surface area contributed by atoms with Crippen molar-refractivity contribution in [1.82, 2.24) is 16.0 Å². The standard InChI is InChI=1S/C25H47N3O7/c1-10-15(5)20(22(32)26-17(12-14(3)4)18(29)13-19(30)31)27-23(33)21(16(6)11-2)28-24(34)35-25(7,8)9/h14-18,20-21,29H,10-13H2,1-9H3,(H,26,32)(H,27,33)(H,28,34)(H,30,31)/t15?,16?,17-,18?,20-,21-/m0/s1. The zero-order valence-corrected chi connectivity index (χ0v) is 22.8. The van der Waals surface area contributed by atoms with E-state index in [9.17, 15) is 24.3 Å². The molecule has 35 heavy (non-hydrogen) atoms. The highest BCUT2D eigenvalue weighted by Crippen LogP contribution is 2.16. The third-order valence-corrected chi connectivity index (χ3v) is 5.86. The fourth-order valence-electron chi connectivity index (χ4n) is 3.50. The van der Waals surface area contributed by atoms with Crippen molar-refractivity contribution in [2.75, 3.05) is 0 Å². The van der Waals surface area contributed by atoms with Crippen molar-refractivity contribution in [3.63, 3.8) is 0 Å². The van der Waals surface area contributed by atoms with Crippen molar-refractivity contribution < 1.29 is 34.1 Å². The van der Waals surface area contributed by atoms with Gasteiger partial charge in [-0.2, -0.15) is 0 Å². The van der Waals surface area contributed by atoms with Gasteiger partial charge >= 0.3 is 12.1 Å². The number of hydrogen-bond donors (Lipinski definition) is 5. The molecule has 10 nitrogen and oxygen atoms in total. The monoisotopic (exact) mass is 501 g/mol. The molecule has 3 unspecified atom stereocenters. The summed E-state index contributed by atoms with van der Waals surface area (Å²) in [4.78, 5) is 49.9. The van der Waals surface area contributed by atoms with Crippen LogP contribution in [-0.2, 0) is 19.1 Å². The Morgan fingerprint density at radius 1 is 0.829 bits per heavy atom. The smallest absolute Gasteiger partial charge is 0.408 e. The lowest BCUT2D eigenvalue weighted by atomic mass is 9.93. The summed E-state index contributed by atoms with van der Waals surface area (Å²) in [5.74, 6) is -2.59. The van der Waals surface area contributed by atoms with Crippen LogP contribution in [0.2, 0.25) is 0 Å². The highest BCUT2D eigenvalue weighted by Gasteiger charge is 2.35. The van der Waals surface area contributed by atoms with Crippen molar-refractivity contribution in [3.05, 3.63) is 0 Å². The molecule has 0 aliphatic rings. The lowest BCUT2D eigenvalue weighted by Gasteiger charge is -2.31. The Kier molecular flexibility index (Phi) is 13.9. The van der Waals surface area contributed by atoms with Crippen molar-refractivity contribution in [2.24, 2.45) is 17.8 Å². The molecule has 0 rings (SSSR count). The molecule has 5 N–H and O–H groups in total. The van der Waals surface area contributed by atoms with Crippen LogP contribution in [0.3, 0.4) is 0 Å². The Hall–Kier alpha value is -2.36. The predicted molar refractivity (Wildman–Crippen MR) is 134 cm³/mol. The molecule has 0 fully saturated rings. The zero-order valence-electron chi connectivity index (χ0n) is 22.8. The van der Waals surface area contributed by atoms with Gasteiger partial charge in [0.15, 0.2) is 0 Å². The van der Waals surface area contributed by atoms with Crippen LogP contribution in [0.4, 0.5) is 4.79 Å². The first kappa shape index (κ1) is 32.6. The van der Waals surface area contributed by atoms with Gasteiger partial charge in [-0.3, -0.25) is 14.4 Å². The normalized spacial score (nSPS) is 16.9. The molecule has 0 aromatic heterocycles. The Bertz CT molecular complexity index is 706. The van der Waals surface area contributed by atoms with Crippen molar-refractivity contribution in [1.29, 1.82) is 0 Å². The van der Waals surface area contributed by atoms with Gasteiger partial charge in [0.1, 0.15) is 17.7 Å². The molecule has 0 spiro atoms. The number of ether oxygens (including phenoxy) is 1. The molecule has 0 saturated carbocycles. The van der Waals surface area contributed by atoms with Crippen LogP contribution in [0, 0.1) is 17.8 Å². The largest absolute Gasteiger partial charge is 0.481 e. The number of amides is 3. The summed E-state index contributed by atoms with van der Waals surface area (Å²) in [6.45, 7) is 16.4. The highest BCUT2D eigenvalue weighted by molar-refractivity contribution is 5.91. The van der Waals surface area contributed by atoms with Crippen LogP contribution in [0.1, 0.15) is 88.0 Å². The van der Waals surface area contributed by atoms with Gasteiger partial charge in [0.05, 0.1) is 18.6 Å². The fraction of sp³-hybridized carbons (Fsp3) is 0.840. The number of carbonyl (C=O) groups excluding carboxylic acids is 3. The molecular formula is C25H47N3O7. The SMILES string of the molecule is CCC(C)[C@H](NC(=O)OC(C)(C)C)C(=O)N[C@H](C(=O)N[C@@H](CC(C)C)C(O)CC(=O)O)C(C)CC. The molecule has 0 saturated heterocycles. The number of aliphatic hydroxyl groups is 1. The maximum Gasteiger partial charge on any atom is 0.408 e. The van der Waals surface area contributed by atoms with E-state index in [1.165, 1.54) is 0 Å². The van der Waals surface area contributed by atoms with Gasteiger partial charge < -0.3 is 30.9 Å². The number of hydrogen-bond acceptors (Lipinski definition) is 6. The summed E-state index contributed by atoms with van der Waals surface area (Å²) in [6.07, 6.45) is -0.944. The van der Waals surface area contributed by atoms with Gasteiger partial charge in [0, 0.05) is 0 Å². The Balaban J connectivity index is 5.72. The molecule has 10 heteroatoms. The molecule has 6 atom stereocenters. The summed E-state index contributed by atoms with van der Waals surface area (Å²) >= 11 is 0. The average molecular weight is 502 g/mol. The number of alkyl carbamates (subject to hydrolysis) is 1. The van der Waals surface area contributed by atoms with Crippen LogP contribution in [0.25, 0.3) is 0 Å². The molecule has 0 radical (unpaired) electrons. The predicted octanol–water partition coefficient (Wildman–Crippen LogP) is 2.82. The fourth-order valence-corrected chi connectivity index (χ4v) is 3.50. The van der Waals surface area contributed by atoms with Crippen molar-refractivity contribution in [2.45, 2.75) is 118 Å². The number of carboxylic acid groups (broad SMARTS) is 1. The summed E-state index contributed by atoms with van der Waals surface area (Å²) in [5.41, 5.74) is -0.734. The van der Waals surface area contributed by atoms with E-state index in [-0.39, 0.29) is 17.8 Å². The van der Waals surface area contributed by atoms with E-state index in [0.717, 1.165) is 0 Å². The van der Waals surface area contributed by atoms with E-state index in [2.05, 4.69) is 16.0 Å². The second-order valence-corrected chi connectivity index (χ2v) is 10.8. The quantitative estimate of drug-likeness (QED) is 0.245. The van der Waals surface area contributed by atoms with Gasteiger partial charge in [0.25, 0.3) is 0 Å². The average Bonchev–Trinajstić information content (AvgIpc) is 2.71. The molecule has 0 aromatic rings. The third-order valence-electron chi connectivity index (χ3n) is 5.86. The van der Waals surface area contributed by atoms with Gasteiger partial charge in [-0.15, -0.1) is 0 Å². The van der Waals surface area contributed by atoms with Crippen LogP contribution >= 0.6 is 0 Å². The number of nitrogens with one attached hydrogen (secondary N) is 3. The number of carboxylic acids is 1. The van der Waals surface area contributed by atoms with Crippen LogP contribution in [-0.4, -0.2) is 63.9 Å². The minimum Gasteiger partial charge on any atom is -0.481 e. The molecule has 0 bridgehead atoms. The summed E-state index contributed by atoms with van der Waals surface area (Å²) < 4.78 is 5.30. The summed E-state index contributed by atoms with van der Waals surface area (Å²) in [6, 6.07) is -2.64. The van der Waals surface area contributed by atoms with Crippen LogP contribution in [0.5, 0.6) is 0 Å². The van der Waals surface area contributed by atoms with E-state index in [1.54, 1.807) is 20.8 Å². The molecule has 0 heterocycles. The third kappa shape index (κ3) is 12.8. The minimum atomic E-state index is -1.27. The minimum absolute atomic E-state index is 0.0909. The number of carbonyl (C=O) groups is 4. The zero-order chi connectivity index (χ0) is 27.5. The first-order chi connectivity index (χ1) is 16.0. The topological polar surface area (TPSA) is 154 Å². The molecule has 204 valence electrons. The molecule has 0 aliphatic heterocycles. The van der Waals surface area contributed by atoms with Crippen molar-refractivity contribution in [3.8, 4) is 0 Å². The maximum atomic E-state index is 13.2. The van der Waals surface area contributed by atoms with E-state index < -0.39 is 60.1 Å². The molecule has 0 aromatic carbocycles. The first-order valence-corrected chi connectivity index (χ1v) is 12.5. The number of aliphatic carboxylic acids is 1. The van der Waals surface area contributed by atoms with Crippen molar-refractivity contribution >= 4 is 23.9 Å². The van der Waals surface area contributed by atoms with Gasteiger partial charge in [-0.05, 0) is 44.9 Å². The van der Waals surface area contributed by atoms with E-state index in [1.807, 2.05) is 41.5 Å². The van der Waals surface area contributed by atoms with E-state index in [4.69, 9.17) is 9.84 Å². The van der Waals surface area contributed by atoms with Gasteiger partial charge in [0.2, 0.25) is 11.8 Å². The van der Waals surface area contributed by atoms with Gasteiger partial charge in [-0.1, -0.05) is 54.4 Å². The Morgan fingerprint density at radius 3 is 1.69 bits per heavy atom. The molecule has 0 aliphatic carbocycles. The Morgan fingerprint density at radius 2 is 1.29 bits per heavy atom. The van der Waals surface area contributed by atoms with Crippen LogP contribution < -0.4 is 16.0 Å². The lowest BCUT2D eigenvalue weighted by Crippen LogP contribution is -2.59. The summed E-state index contributed by atoms with van der Waals surface area (Å²) in [5, 5.41) is 27.6. The lowest BCUT2D eigenvalue weighted by molar-refractivity contribution is -0.140. The number of rotatable bonds is 14. The highest BCUT2D eigenvalue weighted by atomic mass is 16.6. The first-order valence-electron chi connectivity index (χ1n) is 12.5. The Labute approximate surface area is 209 Å². The second kappa shape index (κ2) is 14.9. The van der Waals surface area contributed by atoms with Crippen LogP contribution in [0.15, 0.2) is 0 Å².